The van der Waals surface area contributed by atoms with Crippen molar-refractivity contribution in [2.75, 3.05) is 5.32 Å². The van der Waals surface area contributed by atoms with E-state index in [1.807, 2.05) is 0 Å². The highest BCUT2D eigenvalue weighted by Crippen LogP contribution is 2.29. The Morgan fingerprint density at radius 2 is 2.25 bits per heavy atom. The van der Waals surface area contributed by atoms with Crippen molar-refractivity contribution in [2.24, 2.45) is 5.11 Å². The lowest BCUT2D eigenvalue weighted by atomic mass is 10.1. The third kappa shape index (κ3) is 4.03. The Morgan fingerprint density at radius 1 is 1.50 bits per heavy atom. The minimum absolute atomic E-state index is 0.0135. The molecule has 2 aromatic rings. The number of nitrogens with zero attached hydrogens (tertiary/aromatic N) is 5. The van der Waals surface area contributed by atoms with Crippen LogP contribution < -0.4 is 10.1 Å². The van der Waals surface area contributed by atoms with Gasteiger partial charge in [-0.05, 0) is 29.0 Å². The second kappa shape index (κ2) is 7.17. The number of carbonyl (C=O) groups is 2. The number of hydrogen-bond acceptors (Lipinski definition) is 8. The number of anilines is 1. The highest BCUT2D eigenvalue weighted by atomic mass is 32.1. The molecule has 11 nitrogen and oxygen atoms in total. The fraction of sp³-hybridized carbons (Fsp3) is 0.0833. The van der Waals surface area contributed by atoms with Crippen molar-refractivity contribution in [2.45, 2.75) is 6.92 Å². The van der Waals surface area contributed by atoms with Crippen LogP contribution in [0.1, 0.15) is 17.3 Å². The summed E-state index contributed by atoms with van der Waals surface area (Å²) in [6.07, 6.45) is 1.01. The number of azide groups is 1. The van der Waals surface area contributed by atoms with Crippen LogP contribution in [0.3, 0.4) is 0 Å². The zero-order valence-corrected chi connectivity index (χ0v) is 12.8. The summed E-state index contributed by atoms with van der Waals surface area (Å²) in [5, 5.41) is 16.1. The van der Waals surface area contributed by atoms with Gasteiger partial charge in [0.2, 0.25) is 0 Å². The van der Waals surface area contributed by atoms with Crippen molar-refractivity contribution in [1.82, 2.24) is 4.98 Å². The van der Waals surface area contributed by atoms with E-state index in [1.54, 1.807) is 0 Å². The van der Waals surface area contributed by atoms with Crippen molar-refractivity contribution in [1.29, 1.82) is 0 Å². The summed E-state index contributed by atoms with van der Waals surface area (Å²) < 4.78 is 4.93. The number of esters is 1. The largest absolute Gasteiger partial charge is 0.426 e. The number of ether oxygens (including phenoxy) is 1. The molecule has 0 saturated carbocycles. The van der Waals surface area contributed by atoms with Crippen LogP contribution in [-0.4, -0.2) is 21.8 Å². The molecule has 1 aromatic carbocycles. The molecule has 0 bridgehead atoms. The van der Waals surface area contributed by atoms with Crippen LogP contribution in [0.2, 0.25) is 0 Å². The Kier molecular flexibility index (Phi) is 5.04. The number of nitro groups is 1. The summed E-state index contributed by atoms with van der Waals surface area (Å²) in [6.45, 7) is 1.14. The van der Waals surface area contributed by atoms with E-state index in [0.29, 0.717) is 11.3 Å². The van der Waals surface area contributed by atoms with Gasteiger partial charge in [-0.1, -0.05) is 11.2 Å². The normalized spacial score (nSPS) is 9.71. The molecule has 1 aromatic heterocycles. The fourth-order valence-corrected chi connectivity index (χ4v) is 2.25. The van der Waals surface area contributed by atoms with Crippen molar-refractivity contribution in [3.05, 3.63) is 50.5 Å². The van der Waals surface area contributed by atoms with E-state index < -0.39 is 16.8 Å². The SMILES string of the molecule is CC(=O)Oc1cc(N=[N+]=[N-])ccc1C(=O)Nc1ncc([N+](=O)[O-])s1. The van der Waals surface area contributed by atoms with E-state index in [4.69, 9.17) is 10.3 Å². The maximum atomic E-state index is 12.3. The number of thiazole rings is 1. The minimum atomic E-state index is -0.692. The molecule has 24 heavy (non-hydrogen) atoms. The molecular weight excluding hydrogens is 340 g/mol. The Bertz CT molecular complexity index is 873. The van der Waals surface area contributed by atoms with Gasteiger partial charge in [0.15, 0.2) is 5.13 Å². The highest BCUT2D eigenvalue weighted by Gasteiger charge is 2.18. The van der Waals surface area contributed by atoms with Crippen LogP contribution in [0, 0.1) is 10.1 Å². The molecule has 0 radical (unpaired) electrons. The standard InChI is InChI=1S/C12H8N6O5S/c1-6(19)23-9-4-7(16-17-13)2-3-8(9)11(20)15-12-14-5-10(24-12)18(21)22/h2-5H,1H3,(H,14,15,20). The fourth-order valence-electron chi connectivity index (χ4n) is 1.62. The second-order valence-electron chi connectivity index (χ2n) is 4.18. The van der Waals surface area contributed by atoms with Crippen molar-refractivity contribution in [3.8, 4) is 5.75 Å². The van der Waals surface area contributed by atoms with Crippen LogP contribution in [0.4, 0.5) is 15.8 Å². The molecule has 1 amide bonds. The van der Waals surface area contributed by atoms with Crippen molar-refractivity contribution in [3.63, 3.8) is 0 Å². The lowest BCUT2D eigenvalue weighted by molar-refractivity contribution is -0.380. The molecule has 0 saturated heterocycles. The van der Waals surface area contributed by atoms with Gasteiger partial charge in [-0.2, -0.15) is 0 Å². The van der Waals surface area contributed by atoms with Crippen molar-refractivity contribution < 1.29 is 19.2 Å². The van der Waals surface area contributed by atoms with Gasteiger partial charge in [0, 0.05) is 17.5 Å². The maximum absolute atomic E-state index is 12.3. The zero-order chi connectivity index (χ0) is 17.7. The van der Waals surface area contributed by atoms with Crippen LogP contribution >= 0.6 is 11.3 Å². The first-order chi connectivity index (χ1) is 11.4. The van der Waals surface area contributed by atoms with Gasteiger partial charge in [0.1, 0.15) is 11.9 Å². The second-order valence-corrected chi connectivity index (χ2v) is 5.19. The summed E-state index contributed by atoms with van der Waals surface area (Å²) in [5.41, 5.74) is 8.54. The van der Waals surface area contributed by atoms with Gasteiger partial charge in [-0.3, -0.25) is 25.0 Å². The van der Waals surface area contributed by atoms with Gasteiger partial charge in [-0.25, -0.2) is 4.98 Å². The molecule has 0 atom stereocenters. The average Bonchev–Trinajstić information content (AvgIpc) is 2.96. The summed E-state index contributed by atoms with van der Waals surface area (Å²) in [6, 6.07) is 3.87. The number of aromatic nitrogens is 1. The van der Waals surface area contributed by atoms with E-state index in [0.717, 1.165) is 13.1 Å². The predicted octanol–water partition coefficient (Wildman–Crippen LogP) is 3.17. The lowest BCUT2D eigenvalue weighted by Gasteiger charge is -2.09. The van der Waals surface area contributed by atoms with Gasteiger partial charge in [-0.15, -0.1) is 0 Å². The number of amides is 1. The predicted molar refractivity (Wildman–Crippen MR) is 83.3 cm³/mol. The lowest BCUT2D eigenvalue weighted by Crippen LogP contribution is -2.14. The number of carbonyl (C=O) groups excluding carboxylic acids is 2. The molecular formula is C12H8N6O5S. The smallest absolute Gasteiger partial charge is 0.345 e. The Labute approximate surface area is 137 Å². The maximum Gasteiger partial charge on any atom is 0.345 e. The number of nitrogens with one attached hydrogen (secondary N) is 1. The van der Waals surface area contributed by atoms with E-state index in [-0.39, 0.29) is 27.1 Å². The van der Waals surface area contributed by atoms with Gasteiger partial charge >= 0.3 is 11.0 Å². The van der Waals surface area contributed by atoms with Gasteiger partial charge in [0.25, 0.3) is 5.91 Å². The average molecular weight is 348 g/mol. The topological polar surface area (TPSA) is 160 Å². The Hall–Kier alpha value is -3.50. The monoisotopic (exact) mass is 348 g/mol. The molecule has 0 aliphatic carbocycles. The van der Waals surface area contributed by atoms with E-state index in [9.17, 15) is 19.7 Å². The summed E-state index contributed by atoms with van der Waals surface area (Å²) in [7, 11) is 0. The van der Waals surface area contributed by atoms with Gasteiger partial charge < -0.3 is 4.74 Å². The van der Waals surface area contributed by atoms with E-state index in [2.05, 4.69) is 20.3 Å². The third-order valence-electron chi connectivity index (χ3n) is 2.52. The molecule has 1 heterocycles. The quantitative estimate of drug-likeness (QED) is 0.166. The van der Waals surface area contributed by atoms with Gasteiger partial charge in [0.05, 0.1) is 10.5 Å². The van der Waals surface area contributed by atoms with Crippen LogP contribution in [0.15, 0.2) is 29.5 Å². The molecule has 0 fully saturated rings. The first kappa shape index (κ1) is 16.9. The minimum Gasteiger partial charge on any atom is -0.426 e. The Balaban J connectivity index is 2.30. The Morgan fingerprint density at radius 3 is 2.83 bits per heavy atom. The van der Waals surface area contributed by atoms with E-state index in [1.165, 1.54) is 18.2 Å². The molecule has 2 rings (SSSR count). The number of rotatable bonds is 5. The van der Waals surface area contributed by atoms with Crippen LogP contribution in [-0.2, 0) is 4.79 Å². The molecule has 0 spiro atoms. The summed E-state index contributed by atoms with van der Waals surface area (Å²) in [4.78, 5) is 39.7. The molecule has 122 valence electrons. The summed E-state index contributed by atoms with van der Waals surface area (Å²) in [5.74, 6) is -1.48. The molecule has 0 aliphatic heterocycles. The third-order valence-corrected chi connectivity index (χ3v) is 3.38. The first-order valence-corrected chi connectivity index (χ1v) is 7.01. The van der Waals surface area contributed by atoms with Crippen LogP contribution in [0.5, 0.6) is 5.75 Å². The highest BCUT2D eigenvalue weighted by molar-refractivity contribution is 7.18. The summed E-state index contributed by atoms with van der Waals surface area (Å²) >= 11 is 0.679. The van der Waals surface area contributed by atoms with Crippen molar-refractivity contribution >= 4 is 39.0 Å². The van der Waals surface area contributed by atoms with E-state index >= 15 is 0 Å². The van der Waals surface area contributed by atoms with Crippen LogP contribution in [0.25, 0.3) is 10.4 Å². The molecule has 12 heteroatoms. The number of benzene rings is 1. The molecule has 0 aliphatic rings. The zero-order valence-electron chi connectivity index (χ0n) is 12.0. The molecule has 0 unspecified atom stereocenters. The molecule has 1 N–H and O–H groups in total. The number of hydrogen-bond donors (Lipinski definition) is 1. The first-order valence-electron chi connectivity index (χ1n) is 6.20.